The smallest absolute Gasteiger partial charge is 0.253 e. The number of carbonyl (C=O) groups excluding carboxylic acids is 1. The van der Waals surface area contributed by atoms with Crippen LogP contribution in [0.4, 0.5) is 0 Å². The lowest BCUT2D eigenvalue weighted by molar-refractivity contribution is -0.120. The third-order valence-corrected chi connectivity index (χ3v) is 4.57. The lowest BCUT2D eigenvalue weighted by atomic mass is 10.2. The highest BCUT2D eigenvalue weighted by Crippen LogP contribution is 2.22. The molecule has 1 N–H and O–H groups in total. The highest BCUT2D eigenvalue weighted by atomic mass is 32.2. The van der Waals surface area contributed by atoms with Gasteiger partial charge in [-0.15, -0.1) is 11.8 Å². The molecule has 132 valence electrons. The average molecular weight is 356 g/mol. The predicted octanol–water partition coefficient (Wildman–Crippen LogP) is 4.50. The van der Waals surface area contributed by atoms with Crippen molar-refractivity contribution in [1.82, 2.24) is 5.43 Å². The van der Waals surface area contributed by atoms with Crippen molar-refractivity contribution in [2.75, 3.05) is 6.61 Å². The lowest BCUT2D eigenvalue weighted by Gasteiger charge is -2.09. The Hall–Kier alpha value is -2.27. The van der Waals surface area contributed by atoms with Gasteiger partial charge >= 0.3 is 0 Å². The van der Waals surface area contributed by atoms with Gasteiger partial charge in [-0.05, 0) is 55.3 Å². The van der Waals surface area contributed by atoms with E-state index < -0.39 is 0 Å². The number of rotatable bonds is 9. The molecule has 0 unspecified atom stereocenters. The molecule has 0 heterocycles. The van der Waals surface area contributed by atoms with Gasteiger partial charge in [0.1, 0.15) is 5.75 Å². The van der Waals surface area contributed by atoms with Crippen LogP contribution in [0.25, 0.3) is 0 Å². The van der Waals surface area contributed by atoms with E-state index in [2.05, 4.69) is 17.5 Å². The fourth-order valence-corrected chi connectivity index (χ4v) is 2.88. The zero-order valence-corrected chi connectivity index (χ0v) is 15.5. The van der Waals surface area contributed by atoms with E-state index in [1.807, 2.05) is 61.5 Å². The summed E-state index contributed by atoms with van der Waals surface area (Å²) in [6.07, 6.45) is 3.80. The number of carbonyl (C=O) groups is 1. The Labute approximate surface area is 153 Å². The van der Waals surface area contributed by atoms with E-state index in [1.54, 1.807) is 6.21 Å². The predicted molar refractivity (Wildman–Crippen MR) is 104 cm³/mol. The second-order valence-electron chi connectivity index (χ2n) is 5.58. The fraction of sp³-hybridized carbons (Fsp3) is 0.300. The minimum atomic E-state index is -0.214. The SMILES string of the molecule is CCCCOc1ccc(/C=N\NC(=O)[C@H](C)Sc2ccccc2)cc1. The number of nitrogens with zero attached hydrogens (tertiary/aromatic N) is 1. The van der Waals surface area contributed by atoms with Gasteiger partial charge in [0.25, 0.3) is 5.91 Å². The van der Waals surface area contributed by atoms with E-state index >= 15 is 0 Å². The molecule has 1 amide bonds. The number of unbranched alkanes of at least 4 members (excludes halogenated alkanes) is 1. The van der Waals surface area contributed by atoms with Crippen molar-refractivity contribution in [3.8, 4) is 5.75 Å². The molecule has 0 saturated carbocycles. The maximum atomic E-state index is 12.1. The van der Waals surface area contributed by atoms with Crippen molar-refractivity contribution >= 4 is 23.9 Å². The van der Waals surface area contributed by atoms with Crippen molar-refractivity contribution in [3.63, 3.8) is 0 Å². The minimum absolute atomic E-state index is 0.121. The molecule has 2 aromatic rings. The van der Waals surface area contributed by atoms with Crippen LogP contribution < -0.4 is 10.2 Å². The van der Waals surface area contributed by atoms with Gasteiger partial charge in [-0.2, -0.15) is 5.10 Å². The zero-order chi connectivity index (χ0) is 17.9. The van der Waals surface area contributed by atoms with Crippen LogP contribution in [0.1, 0.15) is 32.3 Å². The first-order valence-electron chi connectivity index (χ1n) is 8.46. The van der Waals surface area contributed by atoms with Crippen LogP contribution in [-0.2, 0) is 4.79 Å². The monoisotopic (exact) mass is 356 g/mol. The third-order valence-electron chi connectivity index (χ3n) is 3.46. The van der Waals surface area contributed by atoms with Gasteiger partial charge in [0.05, 0.1) is 18.1 Å². The highest BCUT2D eigenvalue weighted by Gasteiger charge is 2.13. The van der Waals surface area contributed by atoms with Crippen molar-refractivity contribution in [1.29, 1.82) is 0 Å². The molecule has 25 heavy (non-hydrogen) atoms. The second kappa shape index (κ2) is 10.6. The largest absolute Gasteiger partial charge is 0.494 e. The summed E-state index contributed by atoms with van der Waals surface area (Å²) in [5, 5.41) is 3.82. The Bertz CT molecular complexity index is 672. The Balaban J connectivity index is 1.78. The first-order chi connectivity index (χ1) is 12.2. The van der Waals surface area contributed by atoms with E-state index in [9.17, 15) is 4.79 Å². The molecule has 0 aromatic heterocycles. The van der Waals surface area contributed by atoms with Crippen LogP contribution in [0.5, 0.6) is 5.75 Å². The standard InChI is InChI=1S/C20H24N2O2S/c1-3-4-14-24-18-12-10-17(11-13-18)15-21-22-20(23)16(2)25-19-8-6-5-7-9-19/h5-13,15-16H,3-4,14H2,1-2H3,(H,22,23)/b21-15-/t16-/m0/s1. The summed E-state index contributed by atoms with van der Waals surface area (Å²) in [4.78, 5) is 13.1. The Morgan fingerprint density at radius 2 is 1.92 bits per heavy atom. The van der Waals surface area contributed by atoms with E-state index in [0.29, 0.717) is 0 Å². The molecule has 4 nitrogen and oxygen atoms in total. The summed E-state index contributed by atoms with van der Waals surface area (Å²) in [5.41, 5.74) is 3.49. The summed E-state index contributed by atoms with van der Waals surface area (Å²) in [6, 6.07) is 17.5. The van der Waals surface area contributed by atoms with Crippen LogP contribution in [0, 0.1) is 0 Å². The van der Waals surface area contributed by atoms with Crippen LogP contribution in [0.15, 0.2) is 64.6 Å². The number of hydrogen-bond acceptors (Lipinski definition) is 4. The van der Waals surface area contributed by atoms with Crippen molar-refractivity contribution < 1.29 is 9.53 Å². The van der Waals surface area contributed by atoms with Gasteiger partial charge in [-0.1, -0.05) is 31.5 Å². The number of thioether (sulfide) groups is 1. The molecule has 0 spiro atoms. The molecule has 0 aliphatic heterocycles. The molecule has 1 atom stereocenters. The molecule has 0 radical (unpaired) electrons. The van der Waals surface area contributed by atoms with E-state index in [1.165, 1.54) is 11.8 Å². The average Bonchev–Trinajstić information content (AvgIpc) is 2.64. The zero-order valence-electron chi connectivity index (χ0n) is 14.6. The minimum Gasteiger partial charge on any atom is -0.494 e. The van der Waals surface area contributed by atoms with Crippen LogP contribution in [0.2, 0.25) is 0 Å². The van der Waals surface area contributed by atoms with E-state index in [0.717, 1.165) is 35.7 Å². The molecule has 5 heteroatoms. The van der Waals surface area contributed by atoms with Crippen molar-refractivity contribution in [3.05, 3.63) is 60.2 Å². The third kappa shape index (κ3) is 7.01. The molecule has 0 saturated heterocycles. The molecular weight excluding hydrogens is 332 g/mol. The molecular formula is C20H24N2O2S. The molecule has 0 aliphatic carbocycles. The number of nitrogens with one attached hydrogen (secondary N) is 1. The normalized spacial score (nSPS) is 12.1. The van der Waals surface area contributed by atoms with E-state index in [4.69, 9.17) is 4.74 Å². The Morgan fingerprint density at radius 3 is 2.60 bits per heavy atom. The van der Waals surface area contributed by atoms with Crippen molar-refractivity contribution in [2.45, 2.75) is 36.8 Å². The van der Waals surface area contributed by atoms with E-state index in [-0.39, 0.29) is 11.2 Å². The molecule has 0 fully saturated rings. The van der Waals surface area contributed by atoms with Gasteiger partial charge in [-0.3, -0.25) is 4.79 Å². The number of hydrazone groups is 1. The molecule has 0 bridgehead atoms. The van der Waals surface area contributed by atoms with Gasteiger partial charge in [0.15, 0.2) is 0 Å². The number of benzene rings is 2. The van der Waals surface area contributed by atoms with Gasteiger partial charge in [0, 0.05) is 4.90 Å². The molecule has 0 aliphatic rings. The number of amides is 1. The summed E-state index contributed by atoms with van der Waals surface area (Å²) >= 11 is 1.51. The topological polar surface area (TPSA) is 50.7 Å². The van der Waals surface area contributed by atoms with Crippen LogP contribution >= 0.6 is 11.8 Å². The summed E-state index contributed by atoms with van der Waals surface area (Å²) in [6.45, 7) is 4.73. The second-order valence-corrected chi connectivity index (χ2v) is 6.99. The van der Waals surface area contributed by atoms with Crippen LogP contribution in [-0.4, -0.2) is 24.0 Å². The van der Waals surface area contributed by atoms with Gasteiger partial charge in [-0.25, -0.2) is 5.43 Å². The van der Waals surface area contributed by atoms with Gasteiger partial charge < -0.3 is 4.74 Å². The fourth-order valence-electron chi connectivity index (χ4n) is 2.00. The quantitative estimate of drug-likeness (QED) is 0.311. The summed E-state index contributed by atoms with van der Waals surface area (Å²) in [5.74, 6) is 0.729. The summed E-state index contributed by atoms with van der Waals surface area (Å²) < 4.78 is 5.62. The number of hydrogen-bond donors (Lipinski definition) is 1. The Morgan fingerprint density at radius 1 is 1.20 bits per heavy atom. The lowest BCUT2D eigenvalue weighted by Crippen LogP contribution is -2.26. The number of ether oxygens (including phenoxy) is 1. The van der Waals surface area contributed by atoms with Gasteiger partial charge in [0.2, 0.25) is 0 Å². The molecule has 2 rings (SSSR count). The first-order valence-corrected chi connectivity index (χ1v) is 9.34. The first kappa shape index (κ1) is 19.1. The maximum absolute atomic E-state index is 12.1. The highest BCUT2D eigenvalue weighted by molar-refractivity contribution is 8.00. The van der Waals surface area contributed by atoms with Crippen LogP contribution in [0.3, 0.4) is 0 Å². The summed E-state index contributed by atoms with van der Waals surface area (Å²) in [7, 11) is 0. The Kier molecular flexibility index (Phi) is 8.05. The maximum Gasteiger partial charge on any atom is 0.253 e. The molecule has 2 aromatic carbocycles. The van der Waals surface area contributed by atoms with Crippen molar-refractivity contribution in [2.24, 2.45) is 5.10 Å².